The van der Waals surface area contributed by atoms with Crippen molar-refractivity contribution < 1.29 is 14.6 Å². The van der Waals surface area contributed by atoms with Gasteiger partial charge in [-0.25, -0.2) is 0 Å². The molecule has 1 unspecified atom stereocenters. The number of benzene rings is 1. The summed E-state index contributed by atoms with van der Waals surface area (Å²) < 4.78 is 5.37. The van der Waals surface area contributed by atoms with Crippen LogP contribution in [-0.2, 0) is 11.3 Å². The van der Waals surface area contributed by atoms with Gasteiger partial charge in [0, 0.05) is 12.1 Å². The third-order valence-corrected chi connectivity index (χ3v) is 4.24. The van der Waals surface area contributed by atoms with Gasteiger partial charge in [0.1, 0.15) is 11.3 Å². The van der Waals surface area contributed by atoms with Crippen LogP contribution in [-0.4, -0.2) is 35.2 Å². The second-order valence-electron chi connectivity index (χ2n) is 5.42. The summed E-state index contributed by atoms with van der Waals surface area (Å²) in [6, 6.07) is 7.84. The maximum Gasteiger partial charge on any atom is 0.324 e. The first-order chi connectivity index (χ1) is 9.64. The third kappa shape index (κ3) is 2.66. The maximum atomic E-state index is 11.8. The predicted molar refractivity (Wildman–Crippen MR) is 77.9 cm³/mol. The highest BCUT2D eigenvalue weighted by atomic mass is 16.5. The molecule has 1 aromatic rings. The standard InChI is InChI=1S/C16H23NO3/c1-3-9-16(15(18)19)10-6-11-17(16)12-13-7-4-5-8-14(13)20-2/h4-5,7-8H,3,6,9-12H2,1-2H3,(H,18,19). The Bertz CT molecular complexity index is 475. The summed E-state index contributed by atoms with van der Waals surface area (Å²) in [6.45, 7) is 3.52. The molecule has 2 rings (SSSR count). The molecule has 1 aromatic carbocycles. The monoisotopic (exact) mass is 277 g/mol. The summed E-state index contributed by atoms with van der Waals surface area (Å²) in [6.07, 6.45) is 3.28. The molecule has 1 saturated heterocycles. The van der Waals surface area contributed by atoms with Crippen molar-refractivity contribution >= 4 is 5.97 Å². The number of hydrogen-bond donors (Lipinski definition) is 1. The van der Waals surface area contributed by atoms with Crippen LogP contribution < -0.4 is 4.74 Å². The summed E-state index contributed by atoms with van der Waals surface area (Å²) in [5.41, 5.74) is 0.355. The largest absolute Gasteiger partial charge is 0.496 e. The van der Waals surface area contributed by atoms with Crippen LogP contribution in [0.4, 0.5) is 0 Å². The Labute approximate surface area is 120 Å². The van der Waals surface area contributed by atoms with E-state index in [4.69, 9.17) is 4.74 Å². The van der Waals surface area contributed by atoms with Gasteiger partial charge in [0.15, 0.2) is 0 Å². The van der Waals surface area contributed by atoms with Gasteiger partial charge < -0.3 is 9.84 Å². The second kappa shape index (κ2) is 6.27. The topological polar surface area (TPSA) is 49.8 Å². The van der Waals surface area contributed by atoms with E-state index in [1.807, 2.05) is 31.2 Å². The van der Waals surface area contributed by atoms with Gasteiger partial charge in [-0.05, 0) is 31.9 Å². The average Bonchev–Trinajstić information content (AvgIpc) is 2.84. The van der Waals surface area contributed by atoms with Gasteiger partial charge in [0.25, 0.3) is 0 Å². The van der Waals surface area contributed by atoms with Gasteiger partial charge in [-0.3, -0.25) is 9.69 Å². The summed E-state index contributed by atoms with van der Waals surface area (Å²) >= 11 is 0. The van der Waals surface area contributed by atoms with Gasteiger partial charge in [-0.2, -0.15) is 0 Å². The third-order valence-electron chi connectivity index (χ3n) is 4.24. The molecule has 4 heteroatoms. The number of ether oxygens (including phenoxy) is 1. The molecule has 0 spiro atoms. The van der Waals surface area contributed by atoms with E-state index in [1.54, 1.807) is 7.11 Å². The Morgan fingerprint density at radius 2 is 2.20 bits per heavy atom. The number of rotatable bonds is 6. The lowest BCUT2D eigenvalue weighted by Crippen LogP contribution is -2.50. The minimum Gasteiger partial charge on any atom is -0.496 e. The van der Waals surface area contributed by atoms with Gasteiger partial charge >= 0.3 is 5.97 Å². The van der Waals surface area contributed by atoms with Crippen molar-refractivity contribution in [2.24, 2.45) is 0 Å². The highest BCUT2D eigenvalue weighted by Gasteiger charge is 2.46. The van der Waals surface area contributed by atoms with Crippen LogP contribution >= 0.6 is 0 Å². The maximum absolute atomic E-state index is 11.8. The van der Waals surface area contributed by atoms with Crippen molar-refractivity contribution in [1.82, 2.24) is 4.90 Å². The molecule has 1 aliphatic heterocycles. The van der Waals surface area contributed by atoms with Gasteiger partial charge in [0.05, 0.1) is 7.11 Å². The van der Waals surface area contributed by atoms with Crippen molar-refractivity contribution in [2.45, 2.75) is 44.7 Å². The van der Waals surface area contributed by atoms with Gasteiger partial charge in [-0.15, -0.1) is 0 Å². The molecule has 0 aromatic heterocycles. The number of para-hydroxylation sites is 1. The van der Waals surface area contributed by atoms with Gasteiger partial charge in [-0.1, -0.05) is 31.5 Å². The number of carboxylic acid groups (broad SMARTS) is 1. The number of methoxy groups -OCH3 is 1. The fourth-order valence-electron chi connectivity index (χ4n) is 3.25. The SMILES string of the molecule is CCCC1(C(=O)O)CCCN1Cc1ccccc1OC. The molecule has 1 aliphatic rings. The number of nitrogens with zero attached hydrogens (tertiary/aromatic N) is 1. The molecule has 0 saturated carbocycles. The average molecular weight is 277 g/mol. The Kier molecular flexibility index (Phi) is 4.65. The minimum atomic E-state index is -0.699. The van der Waals surface area contributed by atoms with Crippen LogP contribution in [0.15, 0.2) is 24.3 Å². The van der Waals surface area contributed by atoms with E-state index < -0.39 is 11.5 Å². The van der Waals surface area contributed by atoms with Crippen LogP contribution in [0.5, 0.6) is 5.75 Å². The molecule has 1 atom stereocenters. The minimum absolute atomic E-state index is 0.635. The number of carboxylic acids is 1. The lowest BCUT2D eigenvalue weighted by atomic mass is 9.90. The van der Waals surface area contributed by atoms with Crippen LogP contribution in [0.2, 0.25) is 0 Å². The second-order valence-corrected chi connectivity index (χ2v) is 5.42. The van der Waals surface area contributed by atoms with E-state index in [-0.39, 0.29) is 0 Å². The summed E-state index contributed by atoms with van der Waals surface area (Å²) in [4.78, 5) is 13.9. The molecule has 0 radical (unpaired) electrons. The number of carbonyl (C=O) groups is 1. The first-order valence-electron chi connectivity index (χ1n) is 7.24. The van der Waals surface area contributed by atoms with Crippen molar-refractivity contribution in [3.8, 4) is 5.75 Å². The fraction of sp³-hybridized carbons (Fsp3) is 0.562. The van der Waals surface area contributed by atoms with E-state index in [1.165, 1.54) is 0 Å². The normalized spacial score (nSPS) is 22.9. The molecule has 20 heavy (non-hydrogen) atoms. The highest BCUT2D eigenvalue weighted by Crippen LogP contribution is 2.36. The van der Waals surface area contributed by atoms with Crippen molar-refractivity contribution in [2.75, 3.05) is 13.7 Å². The molecule has 1 N–H and O–H groups in total. The zero-order valence-electron chi connectivity index (χ0n) is 12.3. The number of aliphatic carboxylic acids is 1. The van der Waals surface area contributed by atoms with E-state index in [2.05, 4.69) is 4.90 Å². The summed E-state index contributed by atoms with van der Waals surface area (Å²) in [5.74, 6) is 0.141. The van der Waals surface area contributed by atoms with E-state index in [0.29, 0.717) is 13.0 Å². The van der Waals surface area contributed by atoms with Crippen molar-refractivity contribution in [3.05, 3.63) is 29.8 Å². The first-order valence-corrected chi connectivity index (χ1v) is 7.24. The molecular weight excluding hydrogens is 254 g/mol. The number of hydrogen-bond acceptors (Lipinski definition) is 3. The fourth-order valence-corrected chi connectivity index (χ4v) is 3.25. The van der Waals surface area contributed by atoms with Crippen molar-refractivity contribution in [1.29, 1.82) is 0 Å². The molecule has 0 amide bonds. The summed E-state index contributed by atoms with van der Waals surface area (Å²) in [5, 5.41) is 9.70. The zero-order valence-corrected chi connectivity index (χ0v) is 12.3. The molecular formula is C16H23NO3. The Morgan fingerprint density at radius 1 is 1.45 bits per heavy atom. The lowest BCUT2D eigenvalue weighted by Gasteiger charge is -2.35. The quantitative estimate of drug-likeness (QED) is 0.868. The van der Waals surface area contributed by atoms with Crippen molar-refractivity contribution in [3.63, 3.8) is 0 Å². The van der Waals surface area contributed by atoms with E-state index in [0.717, 1.165) is 37.1 Å². The van der Waals surface area contributed by atoms with Gasteiger partial charge in [0.2, 0.25) is 0 Å². The molecule has 0 aliphatic carbocycles. The van der Waals surface area contributed by atoms with Crippen LogP contribution in [0.1, 0.15) is 38.2 Å². The lowest BCUT2D eigenvalue weighted by molar-refractivity contribution is -0.150. The highest BCUT2D eigenvalue weighted by molar-refractivity contribution is 5.79. The van der Waals surface area contributed by atoms with Crippen LogP contribution in [0.3, 0.4) is 0 Å². The molecule has 4 nitrogen and oxygen atoms in total. The van der Waals surface area contributed by atoms with Crippen LogP contribution in [0, 0.1) is 0 Å². The Balaban J connectivity index is 2.24. The van der Waals surface area contributed by atoms with E-state index in [9.17, 15) is 9.90 Å². The first kappa shape index (κ1) is 14.9. The zero-order chi connectivity index (χ0) is 14.6. The Hall–Kier alpha value is -1.55. The molecule has 110 valence electrons. The van der Waals surface area contributed by atoms with Crippen LogP contribution in [0.25, 0.3) is 0 Å². The predicted octanol–water partition coefficient (Wildman–Crippen LogP) is 2.91. The molecule has 1 heterocycles. The molecule has 0 bridgehead atoms. The molecule has 1 fully saturated rings. The van der Waals surface area contributed by atoms with E-state index >= 15 is 0 Å². The number of likely N-dealkylation sites (tertiary alicyclic amines) is 1. The smallest absolute Gasteiger partial charge is 0.324 e. The Morgan fingerprint density at radius 3 is 2.85 bits per heavy atom. The summed E-state index contributed by atoms with van der Waals surface area (Å²) in [7, 11) is 1.65.